The highest BCUT2D eigenvalue weighted by Crippen LogP contribution is 2.36. The molecule has 2 N–H and O–H groups in total. The van der Waals surface area contributed by atoms with Crippen molar-refractivity contribution in [3.05, 3.63) is 59.9 Å². The molecule has 1 amide bonds. The summed E-state index contributed by atoms with van der Waals surface area (Å²) in [5, 5.41) is 14.5. The summed E-state index contributed by atoms with van der Waals surface area (Å²) < 4.78 is 1.02. The van der Waals surface area contributed by atoms with E-state index in [0.717, 1.165) is 38.5 Å². The molecule has 2 atom stereocenters. The summed E-state index contributed by atoms with van der Waals surface area (Å²) in [6, 6.07) is 11.5. The topological polar surface area (TPSA) is 81.6 Å². The molecule has 1 aromatic carbocycles. The third-order valence-corrected chi connectivity index (χ3v) is 7.48. The Balaban J connectivity index is 1.49. The molecule has 0 aliphatic carbocycles. The first-order valence-corrected chi connectivity index (χ1v) is 12.1. The van der Waals surface area contributed by atoms with Crippen molar-refractivity contribution < 1.29 is 9.90 Å². The van der Waals surface area contributed by atoms with Gasteiger partial charge < -0.3 is 15.3 Å². The molecule has 4 rings (SSSR count). The maximum atomic E-state index is 13.4. The van der Waals surface area contributed by atoms with E-state index in [9.17, 15) is 9.90 Å². The van der Waals surface area contributed by atoms with Gasteiger partial charge in [-0.25, -0.2) is 9.97 Å². The zero-order valence-electron chi connectivity index (χ0n) is 18.4. The van der Waals surface area contributed by atoms with Gasteiger partial charge in [-0.05, 0) is 63.7 Å². The van der Waals surface area contributed by atoms with Crippen molar-refractivity contribution >= 4 is 40.0 Å². The minimum atomic E-state index is -0.665. The lowest BCUT2D eigenvalue weighted by atomic mass is 10.1. The molecule has 1 saturated heterocycles. The average Bonchev–Trinajstić information content (AvgIpc) is 3.44. The molecule has 2 aromatic heterocycles. The number of likely N-dealkylation sites (tertiary alicyclic amines) is 1. The van der Waals surface area contributed by atoms with Crippen LogP contribution in [0.4, 0.5) is 10.9 Å². The van der Waals surface area contributed by atoms with Gasteiger partial charge in [-0.3, -0.25) is 9.69 Å². The third-order valence-electron chi connectivity index (χ3n) is 5.48. The number of aliphatic hydroxyl groups is 1. The van der Waals surface area contributed by atoms with E-state index in [2.05, 4.69) is 15.3 Å². The van der Waals surface area contributed by atoms with Gasteiger partial charge in [-0.15, -0.1) is 0 Å². The molecule has 9 heteroatoms. The Morgan fingerprint density at radius 3 is 2.91 bits per heavy atom. The van der Waals surface area contributed by atoms with Crippen molar-refractivity contribution in [1.82, 2.24) is 19.8 Å². The zero-order valence-corrected chi connectivity index (χ0v) is 20.0. The lowest BCUT2D eigenvalue weighted by molar-refractivity contribution is -0.0191. The summed E-state index contributed by atoms with van der Waals surface area (Å²) in [6.07, 6.45) is 4.61. The fraction of sp³-hybridized carbons (Fsp3) is 0.348. The molecular weight excluding hydrogens is 442 g/mol. The van der Waals surface area contributed by atoms with E-state index in [4.69, 9.17) is 0 Å². The predicted molar refractivity (Wildman–Crippen MR) is 129 cm³/mol. The number of nitrogens with zero attached hydrogens (tertiary/aromatic N) is 4. The Morgan fingerprint density at radius 1 is 1.31 bits per heavy atom. The predicted octanol–water partition coefficient (Wildman–Crippen LogP) is 4.23. The summed E-state index contributed by atoms with van der Waals surface area (Å²) >= 11 is 3.12. The van der Waals surface area contributed by atoms with E-state index in [1.54, 1.807) is 34.2 Å². The Morgan fingerprint density at radius 2 is 2.16 bits per heavy atom. The van der Waals surface area contributed by atoms with Crippen LogP contribution in [0.1, 0.15) is 28.8 Å². The van der Waals surface area contributed by atoms with Gasteiger partial charge in [-0.1, -0.05) is 35.2 Å². The fourth-order valence-electron chi connectivity index (χ4n) is 3.78. The van der Waals surface area contributed by atoms with E-state index in [1.165, 1.54) is 0 Å². The van der Waals surface area contributed by atoms with Crippen LogP contribution in [-0.4, -0.2) is 63.7 Å². The van der Waals surface area contributed by atoms with Crippen molar-refractivity contribution in [3.8, 4) is 0 Å². The molecule has 1 unspecified atom stereocenters. The summed E-state index contributed by atoms with van der Waals surface area (Å²) in [6.45, 7) is 2.62. The van der Waals surface area contributed by atoms with Crippen molar-refractivity contribution in [1.29, 1.82) is 0 Å². The van der Waals surface area contributed by atoms with Gasteiger partial charge in [0.15, 0.2) is 5.13 Å². The van der Waals surface area contributed by atoms with E-state index in [-0.39, 0.29) is 11.9 Å². The first kappa shape index (κ1) is 22.7. The van der Waals surface area contributed by atoms with E-state index in [1.807, 2.05) is 68.5 Å². The van der Waals surface area contributed by atoms with Gasteiger partial charge in [0.2, 0.25) is 0 Å². The Kier molecular flexibility index (Phi) is 7.10. The molecular formula is C23H27N5O2S2. The van der Waals surface area contributed by atoms with Crippen LogP contribution in [0.15, 0.2) is 57.9 Å². The lowest BCUT2D eigenvalue weighted by Gasteiger charge is -2.32. The number of hydrogen-bond donors (Lipinski definition) is 2. The quantitative estimate of drug-likeness (QED) is 0.501. The number of pyridine rings is 1. The van der Waals surface area contributed by atoms with Crippen LogP contribution in [0.2, 0.25) is 0 Å². The normalized spacial score (nSPS) is 17.0. The van der Waals surface area contributed by atoms with Crippen LogP contribution in [0, 0.1) is 6.92 Å². The summed E-state index contributed by atoms with van der Waals surface area (Å²) in [4.78, 5) is 26.6. The second-order valence-corrected chi connectivity index (χ2v) is 10.4. The van der Waals surface area contributed by atoms with E-state index >= 15 is 0 Å². The highest BCUT2D eigenvalue weighted by molar-refractivity contribution is 8.01. The third kappa shape index (κ3) is 5.12. The highest BCUT2D eigenvalue weighted by atomic mass is 32.2. The van der Waals surface area contributed by atoms with E-state index < -0.39 is 6.23 Å². The number of aromatic nitrogens is 2. The van der Waals surface area contributed by atoms with Crippen LogP contribution in [0.3, 0.4) is 0 Å². The van der Waals surface area contributed by atoms with Crippen molar-refractivity contribution in [2.24, 2.45) is 0 Å². The van der Waals surface area contributed by atoms with Crippen molar-refractivity contribution in [3.63, 3.8) is 0 Å². The smallest absolute Gasteiger partial charge is 0.254 e. The molecule has 1 aliphatic heterocycles. The molecule has 1 fully saturated rings. The van der Waals surface area contributed by atoms with Crippen molar-refractivity contribution in [2.45, 2.75) is 41.1 Å². The second kappa shape index (κ2) is 9.99. The van der Waals surface area contributed by atoms with Gasteiger partial charge in [0.05, 0.1) is 16.4 Å². The number of anilines is 2. The van der Waals surface area contributed by atoms with Crippen LogP contribution in [0.5, 0.6) is 0 Å². The van der Waals surface area contributed by atoms with Gasteiger partial charge in [-0.2, -0.15) is 0 Å². The minimum Gasteiger partial charge on any atom is -0.376 e. The van der Waals surface area contributed by atoms with Crippen LogP contribution < -0.4 is 5.32 Å². The fourth-order valence-corrected chi connectivity index (χ4v) is 5.67. The molecule has 3 heterocycles. The molecule has 0 saturated carbocycles. The molecule has 0 radical (unpaired) electrons. The van der Waals surface area contributed by atoms with E-state index in [0.29, 0.717) is 12.1 Å². The highest BCUT2D eigenvalue weighted by Gasteiger charge is 2.35. The molecule has 32 heavy (non-hydrogen) atoms. The number of carbonyl (C=O) groups excluding carboxylic acids is 1. The monoisotopic (exact) mass is 469 g/mol. The maximum Gasteiger partial charge on any atom is 0.254 e. The SMILES string of the molecule is Cc1ccc(Sc2cnc(Nc3ccccn3)s2)cc1C(=O)N1CCC[C@H]1C(O)N(C)C. The molecule has 7 nitrogen and oxygen atoms in total. The average molecular weight is 470 g/mol. The Labute approximate surface area is 196 Å². The lowest BCUT2D eigenvalue weighted by Crippen LogP contribution is -2.48. The number of hydrogen-bond acceptors (Lipinski definition) is 8. The minimum absolute atomic E-state index is 0.0184. The number of aliphatic hydroxyl groups excluding tert-OH is 1. The standard InChI is InChI=1S/C23H27N5O2S2/c1-15-9-10-16(31-20-14-25-23(32-20)26-19-8-4-5-11-24-19)13-17(15)21(29)28-12-6-7-18(28)22(30)27(2)3/h4-5,8-11,13-14,18,22,30H,6-7,12H2,1-3H3,(H,24,25,26)/t18-,22?/m0/s1. The molecule has 0 spiro atoms. The van der Waals surface area contributed by atoms with Gasteiger partial charge in [0, 0.05) is 23.2 Å². The molecule has 0 bridgehead atoms. The number of rotatable bonds is 7. The van der Waals surface area contributed by atoms with Gasteiger partial charge >= 0.3 is 0 Å². The molecule has 3 aromatic rings. The second-order valence-electron chi connectivity index (χ2n) is 7.99. The summed E-state index contributed by atoms with van der Waals surface area (Å²) in [7, 11) is 3.67. The molecule has 168 valence electrons. The first-order chi connectivity index (χ1) is 15.4. The van der Waals surface area contributed by atoms with Gasteiger partial charge in [0.25, 0.3) is 5.91 Å². The number of carbonyl (C=O) groups is 1. The number of aryl methyl sites for hydroxylation is 1. The van der Waals surface area contributed by atoms with Crippen LogP contribution in [-0.2, 0) is 0 Å². The van der Waals surface area contributed by atoms with Crippen molar-refractivity contribution in [2.75, 3.05) is 26.0 Å². The molecule has 1 aliphatic rings. The van der Waals surface area contributed by atoms with Crippen LogP contribution in [0.25, 0.3) is 0 Å². The number of thiazole rings is 1. The number of likely N-dealkylation sites (N-methyl/N-ethyl adjacent to an activating group) is 1. The largest absolute Gasteiger partial charge is 0.376 e. The number of benzene rings is 1. The van der Waals surface area contributed by atoms with Gasteiger partial charge in [0.1, 0.15) is 12.0 Å². The zero-order chi connectivity index (χ0) is 22.7. The Bertz CT molecular complexity index is 1070. The maximum absolute atomic E-state index is 13.4. The summed E-state index contributed by atoms with van der Waals surface area (Å²) in [5.74, 6) is 0.733. The number of nitrogens with one attached hydrogen (secondary N) is 1. The van der Waals surface area contributed by atoms with Crippen LogP contribution >= 0.6 is 23.1 Å². The Hall–Kier alpha value is -2.46. The number of amides is 1. The summed E-state index contributed by atoms with van der Waals surface area (Å²) in [5.41, 5.74) is 1.62. The first-order valence-electron chi connectivity index (χ1n) is 10.5.